The number of nitrogens with one attached hydrogen (secondary N) is 1. The SMILES string of the molecule is COC(=O)C1(C)CN(C(=O)Nc2ccc(C)cc2)N=C1c1ccc(Cl)cc1. The highest BCUT2D eigenvalue weighted by Gasteiger charge is 2.48. The Kier molecular flexibility index (Phi) is 5.19. The van der Waals surface area contributed by atoms with Crippen molar-refractivity contribution in [3.63, 3.8) is 0 Å². The third-order valence-electron chi connectivity index (χ3n) is 4.50. The number of benzene rings is 2. The van der Waals surface area contributed by atoms with Crippen LogP contribution in [-0.4, -0.2) is 36.4 Å². The van der Waals surface area contributed by atoms with Gasteiger partial charge < -0.3 is 10.1 Å². The van der Waals surface area contributed by atoms with Gasteiger partial charge in [0.15, 0.2) is 0 Å². The average Bonchev–Trinajstić information content (AvgIpc) is 3.02. The monoisotopic (exact) mass is 385 g/mol. The number of hydrazone groups is 1. The number of methoxy groups -OCH3 is 1. The van der Waals surface area contributed by atoms with Crippen molar-refractivity contribution in [1.82, 2.24) is 5.01 Å². The summed E-state index contributed by atoms with van der Waals surface area (Å²) in [7, 11) is 1.32. The van der Waals surface area contributed by atoms with E-state index in [4.69, 9.17) is 16.3 Å². The molecule has 0 fully saturated rings. The lowest BCUT2D eigenvalue weighted by Crippen LogP contribution is -2.42. The Labute approximate surface area is 162 Å². The zero-order chi connectivity index (χ0) is 19.6. The number of esters is 1. The minimum atomic E-state index is -1.08. The molecule has 140 valence electrons. The van der Waals surface area contributed by atoms with Gasteiger partial charge in [-0.25, -0.2) is 9.80 Å². The summed E-state index contributed by atoms with van der Waals surface area (Å²) < 4.78 is 4.97. The summed E-state index contributed by atoms with van der Waals surface area (Å²) in [5.41, 5.74) is 1.84. The molecule has 3 rings (SSSR count). The number of nitrogens with zero attached hydrogens (tertiary/aromatic N) is 2. The summed E-state index contributed by atoms with van der Waals surface area (Å²) in [6.07, 6.45) is 0. The van der Waals surface area contributed by atoms with Crippen LogP contribution in [-0.2, 0) is 9.53 Å². The predicted octanol–water partition coefficient (Wildman–Crippen LogP) is 4.08. The first-order valence-electron chi connectivity index (χ1n) is 8.42. The highest BCUT2D eigenvalue weighted by molar-refractivity contribution is 6.30. The Bertz CT molecular complexity index is 894. The Hall–Kier alpha value is -2.86. The van der Waals surface area contributed by atoms with Crippen molar-refractivity contribution in [3.05, 3.63) is 64.7 Å². The van der Waals surface area contributed by atoms with Crippen molar-refractivity contribution >= 4 is 35.0 Å². The number of hydrogen-bond donors (Lipinski definition) is 1. The molecule has 2 amide bonds. The molecule has 0 radical (unpaired) electrons. The molecule has 1 aliphatic heterocycles. The molecule has 7 heteroatoms. The molecule has 1 unspecified atom stereocenters. The van der Waals surface area contributed by atoms with Crippen LogP contribution in [0.15, 0.2) is 53.6 Å². The Morgan fingerprint density at radius 1 is 1.15 bits per heavy atom. The van der Waals surface area contributed by atoms with Crippen LogP contribution in [0.4, 0.5) is 10.5 Å². The van der Waals surface area contributed by atoms with Crippen LogP contribution in [0.25, 0.3) is 0 Å². The quantitative estimate of drug-likeness (QED) is 0.809. The summed E-state index contributed by atoms with van der Waals surface area (Å²) in [5, 5.41) is 9.04. The molecule has 1 N–H and O–H groups in total. The fourth-order valence-electron chi connectivity index (χ4n) is 2.95. The molecule has 6 nitrogen and oxygen atoms in total. The summed E-state index contributed by atoms with van der Waals surface area (Å²) in [4.78, 5) is 25.1. The standard InChI is InChI=1S/C20H20ClN3O3/c1-13-4-10-16(11-5-13)22-19(26)24-12-20(2,18(25)27-3)17(23-24)14-6-8-15(21)9-7-14/h4-11H,12H2,1-3H3,(H,22,26). The zero-order valence-corrected chi connectivity index (χ0v) is 16.1. The second-order valence-electron chi connectivity index (χ2n) is 6.63. The van der Waals surface area contributed by atoms with Crippen molar-refractivity contribution in [2.24, 2.45) is 10.5 Å². The molecule has 0 saturated carbocycles. The second kappa shape index (κ2) is 7.40. The van der Waals surface area contributed by atoms with Crippen molar-refractivity contribution < 1.29 is 14.3 Å². The average molecular weight is 386 g/mol. The van der Waals surface area contributed by atoms with Crippen LogP contribution in [0.3, 0.4) is 0 Å². The highest BCUT2D eigenvalue weighted by atomic mass is 35.5. The number of amides is 2. The predicted molar refractivity (Wildman–Crippen MR) is 105 cm³/mol. The molecular weight excluding hydrogens is 366 g/mol. The first-order chi connectivity index (χ1) is 12.8. The number of urea groups is 1. The number of rotatable bonds is 3. The molecule has 0 spiro atoms. The summed E-state index contributed by atoms with van der Waals surface area (Å²) in [6, 6.07) is 14.0. The lowest BCUT2D eigenvalue weighted by atomic mass is 9.82. The van der Waals surface area contributed by atoms with E-state index in [2.05, 4.69) is 10.4 Å². The third kappa shape index (κ3) is 3.80. The number of carbonyl (C=O) groups is 2. The lowest BCUT2D eigenvalue weighted by Gasteiger charge is -2.23. The van der Waals surface area contributed by atoms with E-state index >= 15 is 0 Å². The summed E-state index contributed by atoms with van der Waals surface area (Å²) in [6.45, 7) is 3.76. The van der Waals surface area contributed by atoms with Crippen molar-refractivity contribution in [2.75, 3.05) is 19.0 Å². The first kappa shape index (κ1) is 18.9. The zero-order valence-electron chi connectivity index (χ0n) is 15.3. The van der Waals surface area contributed by atoms with Gasteiger partial charge in [-0.15, -0.1) is 0 Å². The minimum absolute atomic E-state index is 0.0787. The van der Waals surface area contributed by atoms with Gasteiger partial charge in [0.1, 0.15) is 5.41 Å². The van der Waals surface area contributed by atoms with E-state index in [-0.39, 0.29) is 6.54 Å². The minimum Gasteiger partial charge on any atom is -0.468 e. The molecule has 27 heavy (non-hydrogen) atoms. The van der Waals surface area contributed by atoms with Gasteiger partial charge in [-0.05, 0) is 43.7 Å². The third-order valence-corrected chi connectivity index (χ3v) is 4.75. The maximum Gasteiger partial charge on any atom is 0.342 e. The number of hydrogen-bond acceptors (Lipinski definition) is 4. The van der Waals surface area contributed by atoms with Crippen molar-refractivity contribution in [1.29, 1.82) is 0 Å². The summed E-state index contributed by atoms with van der Waals surface area (Å²) in [5.74, 6) is -0.457. The molecule has 1 heterocycles. The molecule has 0 bridgehead atoms. The number of aryl methyl sites for hydroxylation is 1. The number of carbonyl (C=O) groups excluding carboxylic acids is 2. The molecule has 2 aromatic rings. The molecular formula is C20H20ClN3O3. The number of anilines is 1. The van der Waals surface area contributed by atoms with Crippen LogP contribution < -0.4 is 5.32 Å². The fraction of sp³-hybridized carbons (Fsp3) is 0.250. The van der Waals surface area contributed by atoms with E-state index in [0.29, 0.717) is 22.0 Å². The molecule has 1 aliphatic rings. The van der Waals surface area contributed by atoms with E-state index in [9.17, 15) is 9.59 Å². The molecule has 0 aliphatic carbocycles. The lowest BCUT2D eigenvalue weighted by molar-refractivity contribution is -0.147. The Balaban J connectivity index is 1.90. The second-order valence-corrected chi connectivity index (χ2v) is 7.07. The maximum atomic E-state index is 12.7. The maximum absolute atomic E-state index is 12.7. The van der Waals surface area contributed by atoms with Gasteiger partial charge in [0, 0.05) is 10.7 Å². The Morgan fingerprint density at radius 2 is 1.78 bits per heavy atom. The highest BCUT2D eigenvalue weighted by Crippen LogP contribution is 2.33. The number of halogens is 1. The molecule has 0 saturated heterocycles. The van der Waals surface area contributed by atoms with E-state index in [1.54, 1.807) is 31.2 Å². The first-order valence-corrected chi connectivity index (χ1v) is 8.80. The van der Waals surface area contributed by atoms with Crippen LogP contribution in [0.2, 0.25) is 5.02 Å². The van der Waals surface area contributed by atoms with Gasteiger partial charge in [0.25, 0.3) is 0 Å². The normalized spacial score (nSPS) is 18.8. The topological polar surface area (TPSA) is 71.0 Å². The molecule has 1 atom stereocenters. The van der Waals surface area contributed by atoms with E-state index in [0.717, 1.165) is 5.56 Å². The van der Waals surface area contributed by atoms with E-state index in [1.165, 1.54) is 12.1 Å². The van der Waals surface area contributed by atoms with E-state index < -0.39 is 17.4 Å². The van der Waals surface area contributed by atoms with Gasteiger partial charge >= 0.3 is 12.0 Å². The van der Waals surface area contributed by atoms with E-state index in [1.807, 2.05) is 31.2 Å². The van der Waals surface area contributed by atoms with Crippen molar-refractivity contribution in [2.45, 2.75) is 13.8 Å². The van der Waals surface area contributed by atoms with Crippen LogP contribution >= 0.6 is 11.6 Å². The summed E-state index contributed by atoms with van der Waals surface area (Å²) >= 11 is 5.95. The molecule has 0 aromatic heterocycles. The van der Waals surface area contributed by atoms with Crippen molar-refractivity contribution in [3.8, 4) is 0 Å². The van der Waals surface area contributed by atoms with Gasteiger partial charge in [-0.2, -0.15) is 5.10 Å². The van der Waals surface area contributed by atoms with Gasteiger partial charge in [0.05, 0.1) is 19.4 Å². The van der Waals surface area contributed by atoms with Gasteiger partial charge in [-0.3, -0.25) is 4.79 Å². The van der Waals surface area contributed by atoms with Crippen LogP contribution in [0, 0.1) is 12.3 Å². The fourth-order valence-corrected chi connectivity index (χ4v) is 3.08. The van der Waals surface area contributed by atoms with Gasteiger partial charge in [-0.1, -0.05) is 41.4 Å². The van der Waals surface area contributed by atoms with Gasteiger partial charge in [0.2, 0.25) is 0 Å². The molecule has 2 aromatic carbocycles. The number of ether oxygens (including phenoxy) is 1. The largest absolute Gasteiger partial charge is 0.468 e. The van der Waals surface area contributed by atoms with Crippen LogP contribution in [0.5, 0.6) is 0 Å². The Morgan fingerprint density at radius 3 is 2.37 bits per heavy atom. The smallest absolute Gasteiger partial charge is 0.342 e. The van der Waals surface area contributed by atoms with Crippen LogP contribution in [0.1, 0.15) is 18.1 Å².